The molecule has 9 heteroatoms. The molecule has 3 fully saturated rings. The molecule has 2 unspecified atom stereocenters. The van der Waals surface area contributed by atoms with Gasteiger partial charge in [-0.05, 0) is 75.6 Å². The summed E-state index contributed by atoms with van der Waals surface area (Å²) in [5.74, 6) is 3.09. The van der Waals surface area contributed by atoms with Crippen LogP contribution < -0.4 is 26.0 Å². The third-order valence-electron chi connectivity index (χ3n) is 7.25. The Kier molecular flexibility index (Phi) is 8.09. The summed E-state index contributed by atoms with van der Waals surface area (Å²) in [6, 6.07) is 6.43. The van der Waals surface area contributed by atoms with Gasteiger partial charge in [0.05, 0.1) is 11.1 Å². The maximum Gasteiger partial charge on any atom is 0.233 e. The monoisotopic (exact) mass is 499 g/mol. The van der Waals surface area contributed by atoms with Crippen LogP contribution in [0.2, 0.25) is 5.02 Å². The first kappa shape index (κ1) is 24.4. The second-order valence-corrected chi connectivity index (χ2v) is 10.5. The van der Waals surface area contributed by atoms with E-state index in [0.29, 0.717) is 40.9 Å². The molecule has 2 heterocycles. The molecule has 35 heavy (non-hydrogen) atoms. The molecule has 2 aromatic rings. The molecule has 1 aromatic carbocycles. The molecule has 0 amide bonds. The fourth-order valence-electron chi connectivity index (χ4n) is 5.08. The zero-order chi connectivity index (χ0) is 24.0. The largest absolute Gasteiger partial charge is 0.489 e. The number of aromatic nitrogens is 3. The highest BCUT2D eigenvalue weighted by atomic mass is 35.5. The average Bonchev–Trinajstić information content (AvgIpc) is 3.52. The van der Waals surface area contributed by atoms with E-state index in [1.54, 1.807) is 0 Å². The van der Waals surface area contributed by atoms with Crippen LogP contribution in [0.5, 0.6) is 5.75 Å². The number of nitrogens with zero attached hydrogens (tertiary/aromatic N) is 3. The Morgan fingerprint density at radius 2 is 1.80 bits per heavy atom. The van der Waals surface area contributed by atoms with Crippen molar-refractivity contribution in [2.45, 2.75) is 89.3 Å². The molecule has 1 aliphatic heterocycles. The predicted molar refractivity (Wildman–Crippen MR) is 142 cm³/mol. The molecule has 2 aliphatic carbocycles. The van der Waals surface area contributed by atoms with Gasteiger partial charge in [0.2, 0.25) is 17.8 Å². The fourth-order valence-corrected chi connectivity index (χ4v) is 5.30. The standard InChI is InChI=1S/C26H38ClN7O/c1-2-21(22-9-6-14-28-22)31-26-33-24(29-16-17-7-4-3-5-8-17)32-25(34-26)30-18-10-13-23(20(27)15-18)35-19-11-12-19/h10,13,15,17,19,21-22,28H,2-9,11-12,14,16H2,1H3,(H3,29,30,31,32,33,34). The van der Waals surface area contributed by atoms with Crippen LogP contribution in [-0.2, 0) is 0 Å². The molecule has 0 spiro atoms. The van der Waals surface area contributed by atoms with Gasteiger partial charge in [-0.15, -0.1) is 0 Å². The highest BCUT2D eigenvalue weighted by Gasteiger charge is 2.25. The van der Waals surface area contributed by atoms with Crippen LogP contribution in [0.4, 0.5) is 23.5 Å². The van der Waals surface area contributed by atoms with Gasteiger partial charge in [0.15, 0.2) is 0 Å². The first-order valence-corrected chi connectivity index (χ1v) is 13.8. The minimum Gasteiger partial charge on any atom is -0.489 e. The van der Waals surface area contributed by atoms with E-state index in [4.69, 9.17) is 26.3 Å². The van der Waals surface area contributed by atoms with E-state index in [2.05, 4.69) is 33.2 Å². The van der Waals surface area contributed by atoms with E-state index in [1.807, 2.05) is 18.2 Å². The van der Waals surface area contributed by atoms with Crippen LogP contribution >= 0.6 is 11.6 Å². The van der Waals surface area contributed by atoms with Crippen molar-refractivity contribution in [1.29, 1.82) is 0 Å². The van der Waals surface area contributed by atoms with Crippen LogP contribution in [0.25, 0.3) is 0 Å². The van der Waals surface area contributed by atoms with E-state index in [9.17, 15) is 0 Å². The SMILES string of the molecule is CCC(Nc1nc(NCC2CCCCC2)nc(Nc2ccc(OC3CC3)c(Cl)c2)n1)C1CCCN1. The second kappa shape index (κ2) is 11.6. The van der Waals surface area contributed by atoms with Crippen molar-refractivity contribution in [2.24, 2.45) is 5.92 Å². The fraction of sp³-hybridized carbons (Fsp3) is 0.654. The minimum atomic E-state index is 0.271. The predicted octanol–water partition coefficient (Wildman–Crippen LogP) is 5.74. The first-order chi connectivity index (χ1) is 17.2. The van der Waals surface area contributed by atoms with Gasteiger partial charge < -0.3 is 26.0 Å². The second-order valence-electron chi connectivity index (χ2n) is 10.1. The zero-order valence-corrected chi connectivity index (χ0v) is 21.4. The van der Waals surface area contributed by atoms with Crippen molar-refractivity contribution in [3.05, 3.63) is 23.2 Å². The summed E-state index contributed by atoms with van der Waals surface area (Å²) in [4.78, 5) is 14.1. The average molecular weight is 500 g/mol. The first-order valence-electron chi connectivity index (χ1n) is 13.4. The number of halogens is 1. The molecule has 0 bridgehead atoms. The molecular formula is C26H38ClN7O. The summed E-state index contributed by atoms with van der Waals surface area (Å²) in [5, 5.41) is 14.6. The van der Waals surface area contributed by atoms with E-state index in [-0.39, 0.29) is 6.04 Å². The minimum absolute atomic E-state index is 0.271. The molecule has 1 saturated heterocycles. The summed E-state index contributed by atoms with van der Waals surface area (Å²) >= 11 is 6.48. The molecule has 4 N–H and O–H groups in total. The van der Waals surface area contributed by atoms with Crippen LogP contribution in [-0.4, -0.2) is 46.2 Å². The van der Waals surface area contributed by atoms with E-state index in [0.717, 1.165) is 43.8 Å². The molecule has 1 aromatic heterocycles. The van der Waals surface area contributed by atoms with Crippen LogP contribution in [0.15, 0.2) is 18.2 Å². The van der Waals surface area contributed by atoms with Crippen molar-refractivity contribution >= 4 is 35.1 Å². The molecule has 2 atom stereocenters. The van der Waals surface area contributed by atoms with E-state index in [1.165, 1.54) is 44.9 Å². The normalized spacial score (nSPS) is 21.5. The van der Waals surface area contributed by atoms with Gasteiger partial charge in [0, 0.05) is 24.3 Å². The highest BCUT2D eigenvalue weighted by Crippen LogP contribution is 2.34. The number of nitrogens with one attached hydrogen (secondary N) is 4. The zero-order valence-electron chi connectivity index (χ0n) is 20.7. The van der Waals surface area contributed by atoms with Gasteiger partial charge in [-0.1, -0.05) is 37.8 Å². The van der Waals surface area contributed by atoms with Gasteiger partial charge in [-0.25, -0.2) is 0 Å². The lowest BCUT2D eigenvalue weighted by atomic mass is 9.89. The molecule has 8 nitrogen and oxygen atoms in total. The Bertz CT molecular complexity index is 974. The van der Waals surface area contributed by atoms with Crippen LogP contribution in [0, 0.1) is 5.92 Å². The van der Waals surface area contributed by atoms with Gasteiger partial charge in [-0.3, -0.25) is 0 Å². The smallest absolute Gasteiger partial charge is 0.233 e. The lowest BCUT2D eigenvalue weighted by Gasteiger charge is -2.24. The summed E-state index contributed by atoms with van der Waals surface area (Å²) in [5.41, 5.74) is 0.818. The van der Waals surface area contributed by atoms with Crippen molar-refractivity contribution < 1.29 is 4.74 Å². The Hall–Kier alpha value is -2.32. The maximum atomic E-state index is 6.48. The Morgan fingerprint density at radius 1 is 1.00 bits per heavy atom. The molecule has 2 saturated carbocycles. The number of rotatable bonds is 11. The number of hydrogen-bond donors (Lipinski definition) is 4. The van der Waals surface area contributed by atoms with Crippen molar-refractivity contribution in [1.82, 2.24) is 20.3 Å². The summed E-state index contributed by atoms with van der Waals surface area (Å²) < 4.78 is 5.87. The lowest BCUT2D eigenvalue weighted by Crippen LogP contribution is -2.40. The number of ether oxygens (including phenoxy) is 1. The molecule has 190 valence electrons. The Balaban J connectivity index is 1.32. The van der Waals surface area contributed by atoms with Gasteiger partial charge in [0.1, 0.15) is 5.75 Å². The summed E-state index contributed by atoms with van der Waals surface area (Å²) in [6.07, 6.45) is 12.4. The molecule has 3 aliphatic rings. The number of benzene rings is 1. The lowest BCUT2D eigenvalue weighted by molar-refractivity contribution is 0.303. The molecular weight excluding hydrogens is 462 g/mol. The van der Waals surface area contributed by atoms with E-state index >= 15 is 0 Å². The highest BCUT2D eigenvalue weighted by molar-refractivity contribution is 6.32. The Labute approximate surface area is 213 Å². The number of anilines is 4. The van der Waals surface area contributed by atoms with Gasteiger partial charge >= 0.3 is 0 Å². The van der Waals surface area contributed by atoms with Gasteiger partial charge in [0.25, 0.3) is 0 Å². The quantitative estimate of drug-likeness (QED) is 0.310. The van der Waals surface area contributed by atoms with Crippen molar-refractivity contribution in [3.63, 3.8) is 0 Å². The van der Waals surface area contributed by atoms with Crippen LogP contribution in [0.3, 0.4) is 0 Å². The Morgan fingerprint density at radius 3 is 2.51 bits per heavy atom. The summed E-state index contributed by atoms with van der Waals surface area (Å²) in [6.45, 7) is 4.17. The van der Waals surface area contributed by atoms with Crippen molar-refractivity contribution in [2.75, 3.05) is 29.0 Å². The topological polar surface area (TPSA) is 96.0 Å². The maximum absolute atomic E-state index is 6.48. The third-order valence-corrected chi connectivity index (χ3v) is 7.55. The van der Waals surface area contributed by atoms with Crippen LogP contribution in [0.1, 0.15) is 71.1 Å². The summed E-state index contributed by atoms with van der Waals surface area (Å²) in [7, 11) is 0. The van der Waals surface area contributed by atoms with E-state index < -0.39 is 0 Å². The molecule has 0 radical (unpaired) electrons. The number of hydrogen-bond acceptors (Lipinski definition) is 8. The third kappa shape index (κ3) is 6.88. The van der Waals surface area contributed by atoms with Gasteiger partial charge in [-0.2, -0.15) is 15.0 Å². The molecule has 5 rings (SSSR count). The van der Waals surface area contributed by atoms with Crippen molar-refractivity contribution in [3.8, 4) is 5.75 Å².